The number of nitrogens with zero attached hydrogens (tertiary/aromatic N) is 3. The van der Waals surface area contributed by atoms with E-state index in [1.54, 1.807) is 7.11 Å². The minimum absolute atomic E-state index is 0.223. The second-order valence-electron chi connectivity index (χ2n) is 6.02. The number of nitrogens with one attached hydrogen (secondary N) is 2. The van der Waals surface area contributed by atoms with E-state index < -0.39 is 0 Å². The van der Waals surface area contributed by atoms with Crippen LogP contribution in [0.25, 0.3) is 0 Å². The predicted molar refractivity (Wildman–Crippen MR) is 95.1 cm³/mol. The lowest BCUT2D eigenvalue weighted by atomic mass is 9.96. The number of anilines is 3. The minimum atomic E-state index is 0.223. The van der Waals surface area contributed by atoms with Crippen LogP contribution in [0.3, 0.4) is 0 Å². The fourth-order valence-corrected chi connectivity index (χ4v) is 2.89. The van der Waals surface area contributed by atoms with E-state index in [-0.39, 0.29) is 5.95 Å². The summed E-state index contributed by atoms with van der Waals surface area (Å²) < 4.78 is 5.16. The highest BCUT2D eigenvalue weighted by Crippen LogP contribution is 2.21. The largest absolute Gasteiger partial charge is 0.497 e. The molecule has 0 spiro atoms. The number of methoxy groups -OCH3 is 1. The molecule has 0 aliphatic heterocycles. The highest BCUT2D eigenvalue weighted by atomic mass is 16.5. The first-order valence-corrected chi connectivity index (χ1v) is 8.38. The van der Waals surface area contributed by atoms with Crippen LogP contribution in [0.15, 0.2) is 24.3 Å². The molecule has 4 N–H and O–H groups in total. The first-order chi connectivity index (χ1) is 11.7. The highest BCUT2D eigenvalue weighted by molar-refractivity contribution is 5.41. The number of hydrogen-bond acceptors (Lipinski definition) is 7. The van der Waals surface area contributed by atoms with E-state index in [4.69, 9.17) is 10.5 Å². The van der Waals surface area contributed by atoms with Crippen molar-refractivity contribution in [3.8, 4) is 5.75 Å². The molecule has 1 aromatic carbocycles. The Hall–Kier alpha value is -2.57. The molecule has 1 aliphatic rings. The van der Waals surface area contributed by atoms with Gasteiger partial charge in [0.15, 0.2) is 0 Å². The molecular weight excluding hydrogens is 304 g/mol. The molecular formula is C17H24N6O. The Bertz CT molecular complexity index is 655. The van der Waals surface area contributed by atoms with Crippen molar-refractivity contribution in [2.24, 2.45) is 0 Å². The summed E-state index contributed by atoms with van der Waals surface area (Å²) in [6.45, 7) is 0.607. The van der Waals surface area contributed by atoms with Crippen LogP contribution in [0.2, 0.25) is 0 Å². The van der Waals surface area contributed by atoms with Crippen LogP contribution in [0, 0.1) is 0 Å². The lowest BCUT2D eigenvalue weighted by Crippen LogP contribution is -2.24. The number of hydrogen-bond donors (Lipinski definition) is 3. The Balaban J connectivity index is 1.62. The molecule has 2 aromatic rings. The lowest BCUT2D eigenvalue weighted by Gasteiger charge is -2.22. The van der Waals surface area contributed by atoms with Crippen LogP contribution in [0.5, 0.6) is 5.75 Å². The summed E-state index contributed by atoms with van der Waals surface area (Å²) >= 11 is 0. The van der Waals surface area contributed by atoms with Gasteiger partial charge >= 0.3 is 0 Å². The van der Waals surface area contributed by atoms with Gasteiger partial charge in [0.05, 0.1) is 7.11 Å². The van der Waals surface area contributed by atoms with E-state index in [2.05, 4.69) is 25.6 Å². The van der Waals surface area contributed by atoms with Crippen LogP contribution in [-0.4, -0.2) is 28.1 Å². The number of aromatic nitrogens is 3. The van der Waals surface area contributed by atoms with Gasteiger partial charge in [-0.2, -0.15) is 15.0 Å². The Morgan fingerprint density at radius 3 is 2.46 bits per heavy atom. The molecule has 0 radical (unpaired) electrons. The molecule has 0 atom stereocenters. The molecule has 0 amide bonds. The van der Waals surface area contributed by atoms with Crippen molar-refractivity contribution in [3.63, 3.8) is 0 Å². The van der Waals surface area contributed by atoms with Gasteiger partial charge in [0.2, 0.25) is 17.8 Å². The molecule has 0 unspecified atom stereocenters. The number of rotatable bonds is 6. The molecule has 128 valence electrons. The monoisotopic (exact) mass is 328 g/mol. The normalized spacial score (nSPS) is 15.0. The zero-order valence-corrected chi connectivity index (χ0v) is 14.0. The third-order valence-corrected chi connectivity index (χ3v) is 4.20. The topological polar surface area (TPSA) is 98.0 Å². The van der Waals surface area contributed by atoms with Gasteiger partial charge in [-0.1, -0.05) is 31.4 Å². The number of benzene rings is 1. The van der Waals surface area contributed by atoms with E-state index >= 15 is 0 Å². The van der Waals surface area contributed by atoms with Crippen LogP contribution in [0.4, 0.5) is 17.8 Å². The Labute approximate surface area is 142 Å². The van der Waals surface area contributed by atoms with Gasteiger partial charge < -0.3 is 21.1 Å². The standard InChI is InChI=1S/C17H24N6O/c1-24-14-9-7-12(8-10-14)11-19-16-21-15(18)22-17(23-16)20-13-5-3-2-4-6-13/h7-10,13H,2-6,11H2,1H3,(H4,18,19,20,21,22,23). The summed E-state index contributed by atoms with van der Waals surface area (Å²) in [4.78, 5) is 12.8. The van der Waals surface area contributed by atoms with Crippen molar-refractivity contribution in [3.05, 3.63) is 29.8 Å². The average molecular weight is 328 g/mol. The maximum atomic E-state index is 5.81. The van der Waals surface area contributed by atoms with Gasteiger partial charge in [0.1, 0.15) is 5.75 Å². The Morgan fingerprint density at radius 1 is 1.04 bits per heavy atom. The second-order valence-corrected chi connectivity index (χ2v) is 6.02. The van der Waals surface area contributed by atoms with E-state index in [0.717, 1.165) is 24.2 Å². The first-order valence-electron chi connectivity index (χ1n) is 8.38. The molecule has 7 nitrogen and oxygen atoms in total. The quantitative estimate of drug-likeness (QED) is 0.750. The van der Waals surface area contributed by atoms with Crippen molar-refractivity contribution in [2.75, 3.05) is 23.5 Å². The fourth-order valence-electron chi connectivity index (χ4n) is 2.89. The van der Waals surface area contributed by atoms with Crippen LogP contribution >= 0.6 is 0 Å². The second kappa shape index (κ2) is 7.81. The van der Waals surface area contributed by atoms with Crippen LogP contribution in [-0.2, 0) is 6.54 Å². The van der Waals surface area contributed by atoms with Gasteiger partial charge in [-0.3, -0.25) is 0 Å². The van der Waals surface area contributed by atoms with Gasteiger partial charge in [-0.25, -0.2) is 0 Å². The van der Waals surface area contributed by atoms with Gasteiger partial charge in [-0.05, 0) is 30.5 Å². The van der Waals surface area contributed by atoms with Crippen LogP contribution < -0.4 is 21.1 Å². The summed E-state index contributed by atoms with van der Waals surface area (Å²) in [5, 5.41) is 6.57. The lowest BCUT2D eigenvalue weighted by molar-refractivity contribution is 0.414. The van der Waals surface area contributed by atoms with Crippen molar-refractivity contribution in [1.29, 1.82) is 0 Å². The van der Waals surface area contributed by atoms with Gasteiger partial charge in [-0.15, -0.1) is 0 Å². The minimum Gasteiger partial charge on any atom is -0.497 e. The summed E-state index contributed by atoms with van der Waals surface area (Å²) in [6.07, 6.45) is 6.12. The van der Waals surface area contributed by atoms with Crippen molar-refractivity contribution in [1.82, 2.24) is 15.0 Å². The molecule has 24 heavy (non-hydrogen) atoms. The molecule has 3 rings (SSSR count). The molecule has 1 heterocycles. The third-order valence-electron chi connectivity index (χ3n) is 4.20. The molecule has 1 fully saturated rings. The van der Waals surface area contributed by atoms with Crippen molar-refractivity contribution < 1.29 is 4.74 Å². The maximum absolute atomic E-state index is 5.81. The van der Waals surface area contributed by atoms with Crippen LogP contribution in [0.1, 0.15) is 37.7 Å². The van der Waals surface area contributed by atoms with Gasteiger partial charge in [0.25, 0.3) is 0 Å². The van der Waals surface area contributed by atoms with E-state index in [1.165, 1.54) is 19.3 Å². The van der Waals surface area contributed by atoms with Gasteiger partial charge in [0, 0.05) is 12.6 Å². The van der Waals surface area contributed by atoms with Crippen molar-refractivity contribution >= 4 is 17.8 Å². The summed E-state index contributed by atoms with van der Waals surface area (Å²) in [5.41, 5.74) is 6.92. The maximum Gasteiger partial charge on any atom is 0.229 e. The Kier molecular flexibility index (Phi) is 5.30. The molecule has 1 aromatic heterocycles. The molecule has 1 aliphatic carbocycles. The molecule has 1 saturated carbocycles. The smallest absolute Gasteiger partial charge is 0.229 e. The molecule has 0 saturated heterocycles. The Morgan fingerprint density at radius 2 is 1.75 bits per heavy atom. The highest BCUT2D eigenvalue weighted by Gasteiger charge is 2.15. The fraction of sp³-hybridized carbons (Fsp3) is 0.471. The summed E-state index contributed by atoms with van der Waals surface area (Å²) in [5.74, 6) is 2.09. The number of nitrogen functional groups attached to an aromatic ring is 1. The molecule has 7 heteroatoms. The predicted octanol–water partition coefficient (Wildman–Crippen LogP) is 2.82. The van der Waals surface area contributed by atoms with E-state index in [1.807, 2.05) is 24.3 Å². The molecule has 0 bridgehead atoms. The van der Waals surface area contributed by atoms with E-state index in [0.29, 0.717) is 24.5 Å². The van der Waals surface area contributed by atoms with E-state index in [9.17, 15) is 0 Å². The summed E-state index contributed by atoms with van der Waals surface area (Å²) in [6, 6.07) is 8.27. The van der Waals surface area contributed by atoms with Crippen molar-refractivity contribution in [2.45, 2.75) is 44.7 Å². The first kappa shape index (κ1) is 16.3. The number of nitrogens with two attached hydrogens (primary N) is 1. The SMILES string of the molecule is COc1ccc(CNc2nc(N)nc(NC3CCCCC3)n2)cc1. The third kappa shape index (κ3) is 4.47. The summed E-state index contributed by atoms with van der Waals surface area (Å²) in [7, 11) is 1.65. The zero-order valence-electron chi connectivity index (χ0n) is 14.0. The number of ether oxygens (including phenoxy) is 1. The zero-order chi connectivity index (χ0) is 16.8. The average Bonchev–Trinajstić information content (AvgIpc) is 2.61.